The lowest BCUT2D eigenvalue weighted by Gasteiger charge is -2.32. The highest BCUT2D eigenvalue weighted by atomic mass is 32.1. The quantitative estimate of drug-likeness (QED) is 0.341. The van der Waals surface area contributed by atoms with Crippen molar-refractivity contribution in [3.63, 3.8) is 0 Å². The van der Waals surface area contributed by atoms with E-state index in [0.717, 1.165) is 28.8 Å². The summed E-state index contributed by atoms with van der Waals surface area (Å²) in [7, 11) is 0. The van der Waals surface area contributed by atoms with Gasteiger partial charge in [0.25, 0.3) is 0 Å². The maximum absolute atomic E-state index is 12.4. The van der Waals surface area contributed by atoms with Crippen molar-refractivity contribution in [2.24, 2.45) is 11.8 Å². The molecular formula is C28H29NO3S. The van der Waals surface area contributed by atoms with Gasteiger partial charge in [0.1, 0.15) is 5.75 Å². The summed E-state index contributed by atoms with van der Waals surface area (Å²) < 4.78 is 7.65. The zero-order valence-electron chi connectivity index (χ0n) is 19.5. The molecule has 5 rings (SSSR count). The van der Waals surface area contributed by atoms with E-state index in [-0.39, 0.29) is 11.7 Å². The van der Waals surface area contributed by atoms with E-state index in [1.54, 1.807) is 17.4 Å². The molecule has 0 saturated heterocycles. The third-order valence-electron chi connectivity index (χ3n) is 6.86. The molecule has 1 N–H and O–H groups in total. The Morgan fingerprint density at radius 3 is 2.48 bits per heavy atom. The second-order valence-corrected chi connectivity index (χ2v) is 10.7. The average Bonchev–Trinajstić information content (AvgIpc) is 3.11. The van der Waals surface area contributed by atoms with Gasteiger partial charge in [0.15, 0.2) is 0 Å². The molecule has 1 saturated carbocycles. The van der Waals surface area contributed by atoms with Crippen LogP contribution in [-0.2, 0) is 0 Å². The molecule has 2 aromatic carbocycles. The van der Waals surface area contributed by atoms with Crippen molar-refractivity contribution in [3.05, 3.63) is 59.2 Å². The van der Waals surface area contributed by atoms with Gasteiger partial charge in [-0.25, -0.2) is 9.78 Å². The number of nitrogens with zero attached hydrogens (tertiary/aromatic N) is 1. The summed E-state index contributed by atoms with van der Waals surface area (Å²) in [6.45, 7) is 8.60. The van der Waals surface area contributed by atoms with Crippen LogP contribution in [0.4, 0.5) is 0 Å². The molecule has 0 aliphatic heterocycles. The van der Waals surface area contributed by atoms with Gasteiger partial charge < -0.3 is 9.84 Å². The molecule has 3 atom stereocenters. The van der Waals surface area contributed by atoms with E-state index in [1.807, 2.05) is 31.2 Å². The first-order valence-corrected chi connectivity index (χ1v) is 12.5. The van der Waals surface area contributed by atoms with Gasteiger partial charge in [0.05, 0.1) is 33.1 Å². The highest BCUT2D eigenvalue weighted by Gasteiger charge is 2.27. The number of aryl methyl sites for hydroxylation is 2. The number of ether oxygens (including phenoxy) is 1. The molecule has 0 spiro atoms. The molecule has 170 valence electrons. The van der Waals surface area contributed by atoms with Crippen LogP contribution in [0, 0.1) is 25.7 Å². The van der Waals surface area contributed by atoms with Crippen LogP contribution in [0.1, 0.15) is 54.6 Å². The number of thiophene rings is 1. The number of aromatic nitrogens is 1. The van der Waals surface area contributed by atoms with Gasteiger partial charge >= 0.3 is 5.97 Å². The summed E-state index contributed by atoms with van der Waals surface area (Å²) in [5.41, 5.74) is 3.75. The number of rotatable bonds is 4. The minimum atomic E-state index is -0.955. The summed E-state index contributed by atoms with van der Waals surface area (Å²) in [6.07, 6.45) is 3.30. The normalized spacial score (nSPS) is 20.9. The van der Waals surface area contributed by atoms with Crippen LogP contribution in [0.25, 0.3) is 31.6 Å². The van der Waals surface area contributed by atoms with Crippen molar-refractivity contribution in [1.29, 1.82) is 0 Å². The molecule has 4 nitrogen and oxygen atoms in total. The lowest BCUT2D eigenvalue weighted by molar-refractivity contribution is 0.0697. The van der Waals surface area contributed by atoms with Crippen LogP contribution in [0.15, 0.2) is 42.5 Å². The van der Waals surface area contributed by atoms with E-state index in [0.29, 0.717) is 34.2 Å². The Balaban J connectivity index is 1.67. The van der Waals surface area contributed by atoms with Crippen LogP contribution in [-0.4, -0.2) is 22.2 Å². The summed E-state index contributed by atoms with van der Waals surface area (Å²) in [5.74, 6) is 0.889. The number of carboxylic acid groups (broad SMARTS) is 1. The number of pyridine rings is 1. The highest BCUT2D eigenvalue weighted by molar-refractivity contribution is 7.22. The van der Waals surface area contributed by atoms with Crippen LogP contribution < -0.4 is 4.74 Å². The molecule has 1 fully saturated rings. The molecule has 4 aromatic rings. The maximum atomic E-state index is 12.4. The van der Waals surface area contributed by atoms with Gasteiger partial charge in [-0.3, -0.25) is 0 Å². The molecule has 0 amide bonds. The third kappa shape index (κ3) is 3.99. The Bertz CT molecular complexity index is 1360. The summed E-state index contributed by atoms with van der Waals surface area (Å²) in [6, 6.07) is 13.9. The standard InChI is InChI=1S/C28H29NO3S/c1-15-11-16(2)13-19(12-15)32-23-10-9-17(3)26-25(23)21(28(30)31)14-22(29-26)27-18(4)20-7-5-6-8-24(20)33-27/h5-10,14-16,19H,11-13H2,1-4H3,(H,30,31)/t15-,16+,19-. The van der Waals surface area contributed by atoms with Crippen molar-refractivity contribution in [1.82, 2.24) is 4.98 Å². The van der Waals surface area contributed by atoms with Gasteiger partial charge in [-0.1, -0.05) is 38.1 Å². The zero-order chi connectivity index (χ0) is 23.3. The molecule has 2 heterocycles. The van der Waals surface area contributed by atoms with E-state index in [1.165, 1.54) is 16.5 Å². The zero-order valence-corrected chi connectivity index (χ0v) is 20.3. The van der Waals surface area contributed by atoms with E-state index in [9.17, 15) is 9.90 Å². The Morgan fingerprint density at radius 2 is 1.79 bits per heavy atom. The Morgan fingerprint density at radius 1 is 1.06 bits per heavy atom. The van der Waals surface area contributed by atoms with Gasteiger partial charge in [-0.15, -0.1) is 11.3 Å². The molecule has 0 unspecified atom stereocenters. The van der Waals surface area contributed by atoms with E-state index < -0.39 is 5.97 Å². The summed E-state index contributed by atoms with van der Waals surface area (Å²) in [4.78, 5) is 18.4. The van der Waals surface area contributed by atoms with Gasteiger partial charge in [0, 0.05) is 4.70 Å². The number of aromatic carboxylic acids is 1. The molecule has 1 aliphatic rings. The number of fused-ring (bicyclic) bond motifs is 2. The fourth-order valence-corrected chi connectivity index (χ4v) is 6.56. The minimum absolute atomic E-state index is 0.0980. The number of carboxylic acids is 1. The van der Waals surface area contributed by atoms with Crippen molar-refractivity contribution in [2.45, 2.75) is 53.1 Å². The van der Waals surface area contributed by atoms with Crippen LogP contribution >= 0.6 is 11.3 Å². The highest BCUT2D eigenvalue weighted by Crippen LogP contribution is 2.41. The number of hydrogen-bond donors (Lipinski definition) is 1. The van der Waals surface area contributed by atoms with Crippen LogP contribution in [0.2, 0.25) is 0 Å². The van der Waals surface area contributed by atoms with Crippen LogP contribution in [0.3, 0.4) is 0 Å². The molecule has 0 radical (unpaired) electrons. The van der Waals surface area contributed by atoms with Crippen molar-refractivity contribution >= 4 is 38.3 Å². The molecule has 5 heteroatoms. The Kier molecular flexibility index (Phi) is 5.61. The predicted molar refractivity (Wildman–Crippen MR) is 136 cm³/mol. The maximum Gasteiger partial charge on any atom is 0.336 e. The molecular weight excluding hydrogens is 430 g/mol. The van der Waals surface area contributed by atoms with Gasteiger partial charge in [-0.2, -0.15) is 0 Å². The van der Waals surface area contributed by atoms with Crippen molar-refractivity contribution in [2.75, 3.05) is 0 Å². The predicted octanol–water partition coefficient (Wildman–Crippen LogP) is 7.64. The summed E-state index contributed by atoms with van der Waals surface area (Å²) in [5, 5.41) is 12.0. The lowest BCUT2D eigenvalue weighted by Crippen LogP contribution is -2.28. The lowest BCUT2D eigenvalue weighted by atomic mass is 9.82. The second-order valence-electron chi connectivity index (χ2n) is 9.67. The monoisotopic (exact) mass is 459 g/mol. The van der Waals surface area contributed by atoms with E-state index >= 15 is 0 Å². The molecule has 0 bridgehead atoms. The fourth-order valence-electron chi connectivity index (χ4n) is 5.39. The fraction of sp³-hybridized carbons (Fsp3) is 0.357. The number of hydrogen-bond acceptors (Lipinski definition) is 4. The molecule has 2 aromatic heterocycles. The average molecular weight is 460 g/mol. The first kappa shape index (κ1) is 21.9. The van der Waals surface area contributed by atoms with E-state index in [2.05, 4.69) is 32.9 Å². The number of benzene rings is 2. The number of carbonyl (C=O) groups is 1. The van der Waals surface area contributed by atoms with Gasteiger partial charge in [-0.05, 0) is 79.7 Å². The summed E-state index contributed by atoms with van der Waals surface area (Å²) >= 11 is 1.66. The Hall–Kier alpha value is -2.92. The van der Waals surface area contributed by atoms with Crippen LogP contribution in [0.5, 0.6) is 5.75 Å². The first-order chi connectivity index (χ1) is 15.8. The first-order valence-electron chi connectivity index (χ1n) is 11.6. The van der Waals surface area contributed by atoms with Crippen molar-refractivity contribution in [3.8, 4) is 16.3 Å². The molecule has 1 aliphatic carbocycles. The van der Waals surface area contributed by atoms with E-state index in [4.69, 9.17) is 9.72 Å². The minimum Gasteiger partial charge on any atom is -0.490 e. The SMILES string of the molecule is Cc1c(-c2cc(C(=O)O)c3c(O[C@@H]4C[C@H](C)C[C@H](C)C4)ccc(C)c3n2)sc2ccccc12. The topological polar surface area (TPSA) is 59.4 Å². The van der Waals surface area contributed by atoms with Crippen molar-refractivity contribution < 1.29 is 14.6 Å². The third-order valence-corrected chi connectivity index (χ3v) is 8.16. The van der Waals surface area contributed by atoms with Gasteiger partial charge in [0.2, 0.25) is 0 Å². The smallest absolute Gasteiger partial charge is 0.336 e. The largest absolute Gasteiger partial charge is 0.490 e. The molecule has 33 heavy (non-hydrogen) atoms. The second kappa shape index (κ2) is 8.45. The Labute approximate surface area is 198 Å².